The highest BCUT2D eigenvalue weighted by Gasteiger charge is 2.33. The van der Waals surface area contributed by atoms with Crippen molar-refractivity contribution >= 4 is 21.7 Å². The molecule has 0 amide bonds. The van der Waals surface area contributed by atoms with E-state index in [-0.39, 0.29) is 4.83 Å². The van der Waals surface area contributed by atoms with E-state index in [1.807, 2.05) is 19.3 Å². The predicted octanol–water partition coefficient (Wildman–Crippen LogP) is 2.68. The number of alkyl halides is 1. The quantitative estimate of drug-likeness (QED) is 0.786. The second-order valence-electron chi connectivity index (χ2n) is 4.22. The third-order valence-corrected chi connectivity index (χ3v) is 3.41. The Morgan fingerprint density at radius 2 is 2.33 bits per heavy atom. The van der Waals surface area contributed by atoms with Gasteiger partial charge in [0.1, 0.15) is 5.78 Å². The molecule has 0 radical (unpaired) electrons. The smallest absolute Gasteiger partial charge is 0.149 e. The second-order valence-corrected chi connectivity index (χ2v) is 5.32. The summed E-state index contributed by atoms with van der Waals surface area (Å²) < 4.78 is 0. The highest BCUT2D eigenvalue weighted by molar-refractivity contribution is 9.10. The van der Waals surface area contributed by atoms with Gasteiger partial charge in [0.05, 0.1) is 4.83 Å². The van der Waals surface area contributed by atoms with Crippen molar-refractivity contribution in [1.29, 1.82) is 0 Å². The molecule has 0 N–H and O–H groups in total. The first-order valence-corrected chi connectivity index (χ1v) is 6.16. The van der Waals surface area contributed by atoms with Crippen molar-refractivity contribution in [2.45, 2.75) is 31.0 Å². The molecule has 80 valence electrons. The van der Waals surface area contributed by atoms with Gasteiger partial charge < -0.3 is 0 Å². The van der Waals surface area contributed by atoms with E-state index in [9.17, 15) is 4.79 Å². The first kappa shape index (κ1) is 10.8. The predicted molar refractivity (Wildman–Crippen MR) is 63.1 cm³/mol. The first-order valence-electron chi connectivity index (χ1n) is 5.25. The molecule has 1 unspecified atom stereocenters. The van der Waals surface area contributed by atoms with Gasteiger partial charge in [-0.25, -0.2) is 0 Å². The standard InChI is InChI=1S/C12H14BrNO/c1-8-4-9(7-14-6-8)5-11(13)12(15)10-2-3-10/h4,6-7,10-11H,2-3,5H2,1H3. The molecule has 15 heavy (non-hydrogen) atoms. The molecule has 1 heterocycles. The Morgan fingerprint density at radius 1 is 1.60 bits per heavy atom. The maximum atomic E-state index is 11.7. The number of carbonyl (C=O) groups is 1. The fourth-order valence-electron chi connectivity index (χ4n) is 1.66. The molecule has 0 aromatic carbocycles. The number of pyridine rings is 1. The molecule has 1 fully saturated rings. The number of aromatic nitrogens is 1. The molecule has 0 saturated heterocycles. The number of rotatable bonds is 4. The lowest BCUT2D eigenvalue weighted by Gasteiger charge is -2.08. The topological polar surface area (TPSA) is 30.0 Å². The van der Waals surface area contributed by atoms with Crippen LogP contribution >= 0.6 is 15.9 Å². The Kier molecular flexibility index (Phi) is 3.19. The van der Waals surface area contributed by atoms with E-state index in [0.29, 0.717) is 11.7 Å². The van der Waals surface area contributed by atoms with Crippen LogP contribution in [0.5, 0.6) is 0 Å². The van der Waals surface area contributed by atoms with E-state index in [1.54, 1.807) is 0 Å². The molecule has 3 heteroatoms. The number of hydrogen-bond donors (Lipinski definition) is 0. The first-order chi connectivity index (χ1) is 7.16. The molecular weight excluding hydrogens is 254 g/mol. The number of halogens is 1. The summed E-state index contributed by atoms with van der Waals surface area (Å²) in [5.41, 5.74) is 2.27. The number of carbonyl (C=O) groups excluding carboxylic acids is 1. The number of hydrogen-bond acceptors (Lipinski definition) is 2. The largest absolute Gasteiger partial charge is 0.298 e. The number of nitrogens with zero attached hydrogens (tertiary/aromatic N) is 1. The fraction of sp³-hybridized carbons (Fsp3) is 0.500. The maximum absolute atomic E-state index is 11.7. The highest BCUT2D eigenvalue weighted by Crippen LogP contribution is 2.33. The van der Waals surface area contributed by atoms with Crippen molar-refractivity contribution in [3.8, 4) is 0 Å². The van der Waals surface area contributed by atoms with Crippen LogP contribution in [0.1, 0.15) is 24.0 Å². The Balaban J connectivity index is 1.98. The van der Waals surface area contributed by atoms with Gasteiger partial charge in [0.15, 0.2) is 0 Å². The third kappa shape index (κ3) is 2.88. The molecule has 0 aliphatic heterocycles. The minimum absolute atomic E-state index is 0.0337. The van der Waals surface area contributed by atoms with Gasteiger partial charge >= 0.3 is 0 Å². The van der Waals surface area contributed by atoms with E-state index in [2.05, 4.69) is 27.0 Å². The molecule has 0 spiro atoms. The van der Waals surface area contributed by atoms with Crippen molar-refractivity contribution in [3.05, 3.63) is 29.6 Å². The summed E-state index contributed by atoms with van der Waals surface area (Å²) in [5.74, 6) is 0.684. The zero-order valence-corrected chi connectivity index (χ0v) is 10.3. The monoisotopic (exact) mass is 267 g/mol. The average molecular weight is 268 g/mol. The molecule has 1 aromatic heterocycles. The molecule has 1 aliphatic rings. The lowest BCUT2D eigenvalue weighted by molar-refractivity contribution is -0.119. The van der Waals surface area contributed by atoms with Crippen molar-refractivity contribution in [2.24, 2.45) is 5.92 Å². The molecule has 2 rings (SSSR count). The van der Waals surface area contributed by atoms with Gasteiger partial charge in [-0.3, -0.25) is 9.78 Å². The average Bonchev–Trinajstić information content (AvgIpc) is 2.99. The van der Waals surface area contributed by atoms with Crippen LogP contribution in [0.4, 0.5) is 0 Å². The van der Waals surface area contributed by atoms with Gasteiger partial charge in [0.25, 0.3) is 0 Å². The van der Waals surface area contributed by atoms with E-state index >= 15 is 0 Å². The maximum Gasteiger partial charge on any atom is 0.149 e. The third-order valence-electron chi connectivity index (χ3n) is 2.63. The summed E-state index contributed by atoms with van der Waals surface area (Å²) in [5, 5.41) is 0. The summed E-state index contributed by atoms with van der Waals surface area (Å²) in [6, 6.07) is 2.08. The van der Waals surface area contributed by atoms with Gasteiger partial charge in [0.2, 0.25) is 0 Å². The van der Waals surface area contributed by atoms with Crippen LogP contribution in [0.25, 0.3) is 0 Å². The van der Waals surface area contributed by atoms with E-state index in [0.717, 1.165) is 30.4 Å². The van der Waals surface area contributed by atoms with Crippen LogP contribution in [0.3, 0.4) is 0 Å². The SMILES string of the molecule is Cc1cncc(CC(Br)C(=O)C2CC2)c1. The van der Waals surface area contributed by atoms with Crippen molar-refractivity contribution in [3.63, 3.8) is 0 Å². The summed E-state index contributed by atoms with van der Waals surface area (Å²) in [7, 11) is 0. The van der Waals surface area contributed by atoms with Crippen LogP contribution in [-0.2, 0) is 11.2 Å². The molecule has 0 bridgehead atoms. The van der Waals surface area contributed by atoms with E-state index < -0.39 is 0 Å². The van der Waals surface area contributed by atoms with Crippen LogP contribution in [0, 0.1) is 12.8 Å². The van der Waals surface area contributed by atoms with Crippen LogP contribution in [0.2, 0.25) is 0 Å². The normalized spacial score (nSPS) is 17.5. The number of aryl methyl sites for hydroxylation is 1. The Bertz CT molecular complexity index is 374. The van der Waals surface area contributed by atoms with Gasteiger partial charge in [-0.1, -0.05) is 22.0 Å². The van der Waals surface area contributed by atoms with Gasteiger partial charge in [0, 0.05) is 18.3 Å². The van der Waals surface area contributed by atoms with Gasteiger partial charge in [-0.05, 0) is 37.3 Å². The highest BCUT2D eigenvalue weighted by atomic mass is 79.9. The molecular formula is C12H14BrNO. The Hall–Kier alpha value is -0.700. The fourth-order valence-corrected chi connectivity index (χ4v) is 2.41. The van der Waals surface area contributed by atoms with Crippen LogP contribution in [0.15, 0.2) is 18.5 Å². The second kappa shape index (κ2) is 4.44. The number of ketones is 1. The molecule has 1 atom stereocenters. The molecule has 1 saturated carbocycles. The summed E-state index contributed by atoms with van der Waals surface area (Å²) in [6.07, 6.45) is 6.57. The minimum atomic E-state index is -0.0337. The van der Waals surface area contributed by atoms with Crippen LogP contribution in [-0.4, -0.2) is 15.6 Å². The molecule has 1 aromatic rings. The van der Waals surface area contributed by atoms with Crippen molar-refractivity contribution in [2.75, 3.05) is 0 Å². The molecule has 2 nitrogen and oxygen atoms in total. The zero-order chi connectivity index (χ0) is 10.8. The summed E-state index contributed by atoms with van der Waals surface area (Å²) in [6.45, 7) is 2.02. The van der Waals surface area contributed by atoms with Crippen LogP contribution < -0.4 is 0 Å². The lowest BCUT2D eigenvalue weighted by Crippen LogP contribution is -2.18. The minimum Gasteiger partial charge on any atom is -0.298 e. The Morgan fingerprint density at radius 3 is 2.93 bits per heavy atom. The van der Waals surface area contributed by atoms with E-state index in [4.69, 9.17) is 0 Å². The van der Waals surface area contributed by atoms with Crippen molar-refractivity contribution in [1.82, 2.24) is 4.98 Å². The van der Waals surface area contributed by atoms with E-state index in [1.165, 1.54) is 0 Å². The Labute approximate surface area is 98.2 Å². The summed E-state index contributed by atoms with van der Waals surface area (Å²) in [4.78, 5) is 15.8. The summed E-state index contributed by atoms with van der Waals surface area (Å²) >= 11 is 3.47. The molecule has 1 aliphatic carbocycles. The lowest BCUT2D eigenvalue weighted by atomic mass is 10.1. The van der Waals surface area contributed by atoms with Gasteiger partial charge in [-0.2, -0.15) is 0 Å². The van der Waals surface area contributed by atoms with Gasteiger partial charge in [-0.15, -0.1) is 0 Å². The zero-order valence-electron chi connectivity index (χ0n) is 8.74. The van der Waals surface area contributed by atoms with Crippen molar-refractivity contribution < 1.29 is 4.79 Å². The number of Topliss-reactive ketones (excluding diaryl/α,β-unsaturated/α-hetero) is 1.